The summed E-state index contributed by atoms with van der Waals surface area (Å²) < 4.78 is 1.15. The molecule has 0 atom stereocenters. The van der Waals surface area contributed by atoms with Crippen LogP contribution >= 0.6 is 0 Å². The van der Waals surface area contributed by atoms with E-state index in [0.717, 1.165) is 15.8 Å². The highest BCUT2D eigenvalue weighted by Gasteiger charge is 2.18. The molecule has 0 aliphatic carbocycles. The van der Waals surface area contributed by atoms with Gasteiger partial charge in [-0.2, -0.15) is 5.10 Å². The molecule has 5 heteroatoms. The fourth-order valence-corrected chi connectivity index (χ4v) is 2.48. The van der Waals surface area contributed by atoms with E-state index in [0.29, 0.717) is 0 Å². The number of benzene rings is 2. The quantitative estimate of drug-likeness (QED) is 0.802. The van der Waals surface area contributed by atoms with Crippen LogP contribution in [0.1, 0.15) is 27.7 Å². The lowest BCUT2D eigenvalue weighted by atomic mass is 9.98. The number of nitrogens with zero attached hydrogens (tertiary/aromatic N) is 2. The zero-order valence-corrected chi connectivity index (χ0v) is 13.2. The number of carbonyl (C=O) groups excluding carboxylic acids is 1. The zero-order chi connectivity index (χ0) is 16.9. The van der Waals surface area contributed by atoms with Crippen molar-refractivity contribution in [1.82, 2.24) is 15.1 Å². The van der Waals surface area contributed by atoms with Crippen LogP contribution in [0.4, 0.5) is 0 Å². The monoisotopic (exact) mass is 319 g/mol. The van der Waals surface area contributed by atoms with E-state index < -0.39 is 0 Å². The first-order valence-corrected chi connectivity index (χ1v) is 7.60. The first-order chi connectivity index (χ1) is 11.6. The average Bonchev–Trinajstić information content (AvgIpc) is 2.63. The molecule has 2 aromatic carbocycles. The summed E-state index contributed by atoms with van der Waals surface area (Å²) in [7, 11) is 1.52. The van der Waals surface area contributed by atoms with Crippen LogP contribution in [0.25, 0.3) is 0 Å². The van der Waals surface area contributed by atoms with E-state index in [4.69, 9.17) is 0 Å². The Morgan fingerprint density at radius 2 is 1.46 bits per heavy atom. The third kappa shape index (κ3) is 3.41. The SMILES string of the molecule is Cn1nc(C(=O)NC(c2ccccc2)c2ccccc2)ccc1=O. The second-order valence-electron chi connectivity index (χ2n) is 5.41. The third-order valence-electron chi connectivity index (χ3n) is 3.73. The van der Waals surface area contributed by atoms with Crippen molar-refractivity contribution in [1.29, 1.82) is 0 Å². The Bertz CT molecular complexity index is 850. The minimum atomic E-state index is -0.330. The molecule has 1 amide bonds. The topological polar surface area (TPSA) is 64.0 Å². The van der Waals surface area contributed by atoms with Gasteiger partial charge >= 0.3 is 0 Å². The fraction of sp³-hybridized carbons (Fsp3) is 0.105. The molecule has 0 spiro atoms. The number of amides is 1. The summed E-state index contributed by atoms with van der Waals surface area (Å²) in [6.45, 7) is 0. The largest absolute Gasteiger partial charge is 0.340 e. The standard InChI is InChI=1S/C19H17N3O2/c1-22-17(23)13-12-16(21-22)19(24)20-18(14-8-4-2-5-9-14)15-10-6-3-7-11-15/h2-13,18H,1H3,(H,20,24). The van der Waals surface area contributed by atoms with Gasteiger partial charge in [0.15, 0.2) is 0 Å². The van der Waals surface area contributed by atoms with Crippen LogP contribution in [0, 0.1) is 0 Å². The summed E-state index contributed by atoms with van der Waals surface area (Å²) in [5.74, 6) is -0.330. The van der Waals surface area contributed by atoms with E-state index in [2.05, 4.69) is 10.4 Å². The Morgan fingerprint density at radius 1 is 0.917 bits per heavy atom. The molecule has 3 aromatic rings. The molecule has 0 unspecified atom stereocenters. The average molecular weight is 319 g/mol. The number of aromatic nitrogens is 2. The van der Waals surface area contributed by atoms with Crippen molar-refractivity contribution < 1.29 is 4.79 Å². The molecule has 0 aliphatic rings. The summed E-state index contributed by atoms with van der Waals surface area (Å²) in [4.78, 5) is 24.0. The van der Waals surface area contributed by atoms with E-state index in [-0.39, 0.29) is 23.2 Å². The molecule has 5 nitrogen and oxygen atoms in total. The van der Waals surface area contributed by atoms with Gasteiger partial charge in [-0.25, -0.2) is 4.68 Å². The highest BCUT2D eigenvalue weighted by Crippen LogP contribution is 2.22. The molecule has 0 saturated heterocycles. The van der Waals surface area contributed by atoms with Crippen molar-refractivity contribution in [2.24, 2.45) is 7.05 Å². The van der Waals surface area contributed by atoms with Crippen molar-refractivity contribution in [3.8, 4) is 0 Å². The number of carbonyl (C=O) groups is 1. The lowest BCUT2D eigenvalue weighted by Crippen LogP contribution is -2.32. The number of rotatable bonds is 4. The van der Waals surface area contributed by atoms with Crippen molar-refractivity contribution in [2.75, 3.05) is 0 Å². The van der Waals surface area contributed by atoms with Gasteiger partial charge in [0.2, 0.25) is 0 Å². The third-order valence-corrected chi connectivity index (χ3v) is 3.73. The number of hydrogen-bond donors (Lipinski definition) is 1. The Kier molecular flexibility index (Phi) is 4.52. The van der Waals surface area contributed by atoms with Gasteiger partial charge in [0, 0.05) is 13.1 Å². The normalized spacial score (nSPS) is 10.6. The van der Waals surface area contributed by atoms with Crippen LogP contribution in [-0.2, 0) is 7.05 Å². The molecule has 0 aliphatic heterocycles. The highest BCUT2D eigenvalue weighted by molar-refractivity contribution is 5.92. The maximum Gasteiger partial charge on any atom is 0.272 e. The Balaban J connectivity index is 1.93. The van der Waals surface area contributed by atoms with Crippen LogP contribution in [0.2, 0.25) is 0 Å². The van der Waals surface area contributed by atoms with Crippen LogP contribution in [-0.4, -0.2) is 15.7 Å². The lowest BCUT2D eigenvalue weighted by molar-refractivity contribution is 0.0935. The van der Waals surface area contributed by atoms with Gasteiger partial charge < -0.3 is 5.32 Å². The lowest BCUT2D eigenvalue weighted by Gasteiger charge is -2.19. The first kappa shape index (κ1) is 15.7. The molecule has 1 aromatic heterocycles. The summed E-state index contributed by atoms with van der Waals surface area (Å²) in [6, 6.07) is 21.9. The summed E-state index contributed by atoms with van der Waals surface area (Å²) in [6.07, 6.45) is 0. The molecule has 1 N–H and O–H groups in total. The highest BCUT2D eigenvalue weighted by atomic mass is 16.2. The molecule has 1 heterocycles. The van der Waals surface area contributed by atoms with Crippen molar-refractivity contribution >= 4 is 5.91 Å². The molecule has 0 saturated carbocycles. The molecular weight excluding hydrogens is 302 g/mol. The van der Waals surface area contributed by atoms with Crippen LogP contribution in [0.5, 0.6) is 0 Å². The van der Waals surface area contributed by atoms with Gasteiger partial charge in [0.1, 0.15) is 5.69 Å². The van der Waals surface area contributed by atoms with Crippen LogP contribution in [0.3, 0.4) is 0 Å². The van der Waals surface area contributed by atoms with E-state index in [1.807, 2.05) is 60.7 Å². The summed E-state index contributed by atoms with van der Waals surface area (Å²) >= 11 is 0. The van der Waals surface area contributed by atoms with Gasteiger partial charge in [0.25, 0.3) is 11.5 Å². The molecule has 3 rings (SSSR count). The van der Waals surface area contributed by atoms with Crippen LogP contribution < -0.4 is 10.9 Å². The Morgan fingerprint density at radius 3 is 1.96 bits per heavy atom. The maximum absolute atomic E-state index is 12.6. The predicted molar refractivity (Wildman–Crippen MR) is 91.7 cm³/mol. The molecular formula is C19H17N3O2. The van der Waals surface area contributed by atoms with E-state index in [1.54, 1.807) is 0 Å². The van der Waals surface area contributed by atoms with Crippen molar-refractivity contribution in [3.05, 3.63) is 100.0 Å². The van der Waals surface area contributed by atoms with Crippen molar-refractivity contribution in [3.63, 3.8) is 0 Å². The first-order valence-electron chi connectivity index (χ1n) is 7.60. The molecule has 0 bridgehead atoms. The van der Waals surface area contributed by atoms with E-state index in [1.165, 1.54) is 19.2 Å². The second kappa shape index (κ2) is 6.91. The van der Waals surface area contributed by atoms with Gasteiger partial charge in [0.05, 0.1) is 6.04 Å². The smallest absolute Gasteiger partial charge is 0.272 e. The van der Waals surface area contributed by atoms with E-state index in [9.17, 15) is 9.59 Å². The van der Waals surface area contributed by atoms with Gasteiger partial charge in [-0.05, 0) is 17.2 Å². The minimum Gasteiger partial charge on any atom is -0.340 e. The second-order valence-corrected chi connectivity index (χ2v) is 5.41. The number of aryl methyl sites for hydroxylation is 1. The predicted octanol–water partition coefficient (Wildman–Crippen LogP) is 2.30. The number of hydrogen-bond acceptors (Lipinski definition) is 3. The van der Waals surface area contributed by atoms with Gasteiger partial charge in [-0.3, -0.25) is 9.59 Å². The fourth-order valence-electron chi connectivity index (χ4n) is 2.48. The molecule has 24 heavy (non-hydrogen) atoms. The minimum absolute atomic E-state index is 0.203. The summed E-state index contributed by atoms with van der Waals surface area (Å²) in [5, 5.41) is 7.00. The summed E-state index contributed by atoms with van der Waals surface area (Å²) in [5.41, 5.74) is 1.90. The molecule has 0 fully saturated rings. The van der Waals surface area contributed by atoms with E-state index >= 15 is 0 Å². The maximum atomic E-state index is 12.6. The Hall–Kier alpha value is -3.21. The molecule has 120 valence electrons. The number of nitrogens with one attached hydrogen (secondary N) is 1. The van der Waals surface area contributed by atoms with Crippen LogP contribution in [0.15, 0.2) is 77.6 Å². The zero-order valence-electron chi connectivity index (χ0n) is 13.2. The molecule has 0 radical (unpaired) electrons. The van der Waals surface area contributed by atoms with Gasteiger partial charge in [-0.15, -0.1) is 0 Å². The van der Waals surface area contributed by atoms with Gasteiger partial charge in [-0.1, -0.05) is 60.7 Å². The van der Waals surface area contributed by atoms with Crippen molar-refractivity contribution in [2.45, 2.75) is 6.04 Å². The Labute approximate surface area is 139 Å².